The molecular weight excluding hydrogens is 266 g/mol. The van der Waals surface area contributed by atoms with Crippen LogP contribution in [-0.4, -0.2) is 16.0 Å². The minimum absolute atomic E-state index is 0.0410. The Balaban J connectivity index is 1.59. The number of aromatic nitrogens is 1. The highest BCUT2D eigenvalue weighted by molar-refractivity contribution is 5.94. The van der Waals surface area contributed by atoms with Gasteiger partial charge in [0, 0.05) is 11.3 Å². The van der Waals surface area contributed by atoms with Crippen molar-refractivity contribution in [3.63, 3.8) is 0 Å². The SMILES string of the molecule is O=C(N=Nc1c(O)[nH]c2ccccc12)[C@@H]1C[C@H]2CC[C@H]1C2. The van der Waals surface area contributed by atoms with Gasteiger partial charge < -0.3 is 10.1 Å². The molecule has 1 heterocycles. The maximum absolute atomic E-state index is 12.2. The largest absolute Gasteiger partial charge is 0.493 e. The maximum Gasteiger partial charge on any atom is 0.268 e. The van der Waals surface area contributed by atoms with E-state index in [0.29, 0.717) is 17.5 Å². The number of aromatic amines is 1. The molecule has 2 aromatic rings. The molecule has 1 amide bonds. The number of nitrogens with one attached hydrogen (secondary N) is 1. The van der Waals surface area contributed by atoms with Crippen LogP contribution in [0.4, 0.5) is 5.69 Å². The lowest BCUT2D eigenvalue weighted by Gasteiger charge is -2.17. The number of fused-ring (bicyclic) bond motifs is 3. The zero-order chi connectivity index (χ0) is 14.4. The van der Waals surface area contributed by atoms with E-state index in [1.54, 1.807) is 0 Å². The number of hydrogen-bond donors (Lipinski definition) is 2. The van der Waals surface area contributed by atoms with E-state index in [4.69, 9.17) is 0 Å². The normalized spacial score (nSPS) is 27.9. The number of amides is 1. The van der Waals surface area contributed by atoms with Crippen molar-refractivity contribution < 1.29 is 9.90 Å². The van der Waals surface area contributed by atoms with Gasteiger partial charge in [-0.3, -0.25) is 4.79 Å². The van der Waals surface area contributed by atoms with Crippen molar-refractivity contribution in [1.82, 2.24) is 4.98 Å². The quantitative estimate of drug-likeness (QED) is 0.819. The second kappa shape index (κ2) is 4.69. The van der Waals surface area contributed by atoms with E-state index in [-0.39, 0.29) is 17.7 Å². The third-order valence-electron chi connectivity index (χ3n) is 4.96. The number of benzene rings is 1. The average molecular weight is 283 g/mol. The molecule has 5 heteroatoms. The molecule has 1 aromatic heterocycles. The van der Waals surface area contributed by atoms with Gasteiger partial charge in [0.25, 0.3) is 5.91 Å². The lowest BCUT2D eigenvalue weighted by molar-refractivity contribution is -0.123. The van der Waals surface area contributed by atoms with Crippen molar-refractivity contribution in [2.24, 2.45) is 28.0 Å². The number of para-hydroxylation sites is 1. The molecule has 108 valence electrons. The third-order valence-corrected chi connectivity index (χ3v) is 4.96. The summed E-state index contributed by atoms with van der Waals surface area (Å²) in [5, 5.41) is 18.6. The van der Waals surface area contributed by atoms with Crippen LogP contribution in [0.2, 0.25) is 0 Å². The predicted molar refractivity (Wildman–Crippen MR) is 78.4 cm³/mol. The molecule has 2 N–H and O–H groups in total. The van der Waals surface area contributed by atoms with Gasteiger partial charge in [-0.05, 0) is 37.2 Å². The summed E-state index contributed by atoms with van der Waals surface area (Å²) in [6.07, 6.45) is 4.54. The van der Waals surface area contributed by atoms with Gasteiger partial charge in [-0.25, -0.2) is 0 Å². The number of rotatable bonds is 2. The van der Waals surface area contributed by atoms with E-state index in [0.717, 1.165) is 23.7 Å². The minimum Gasteiger partial charge on any atom is -0.493 e. The fourth-order valence-corrected chi connectivity index (χ4v) is 3.93. The monoisotopic (exact) mass is 283 g/mol. The zero-order valence-corrected chi connectivity index (χ0v) is 11.6. The fraction of sp³-hybridized carbons (Fsp3) is 0.438. The number of carbonyl (C=O) groups is 1. The smallest absolute Gasteiger partial charge is 0.268 e. The number of azo groups is 1. The lowest BCUT2D eigenvalue weighted by atomic mass is 9.88. The Hall–Kier alpha value is -2.17. The Morgan fingerprint density at radius 2 is 2.10 bits per heavy atom. The van der Waals surface area contributed by atoms with Crippen LogP contribution in [0.25, 0.3) is 10.9 Å². The van der Waals surface area contributed by atoms with E-state index < -0.39 is 0 Å². The van der Waals surface area contributed by atoms with E-state index in [2.05, 4.69) is 15.2 Å². The molecule has 0 aliphatic heterocycles. The summed E-state index contributed by atoms with van der Waals surface area (Å²) in [5.41, 5.74) is 1.14. The van der Waals surface area contributed by atoms with Gasteiger partial charge in [0.1, 0.15) is 0 Å². The first-order valence-electron chi connectivity index (χ1n) is 7.47. The number of hydrogen-bond acceptors (Lipinski definition) is 3. The van der Waals surface area contributed by atoms with Crippen LogP contribution in [0.15, 0.2) is 34.5 Å². The first-order chi connectivity index (χ1) is 10.2. The standard InChI is InChI=1S/C16H17N3O2/c20-15(12-8-9-5-6-10(12)7-9)19-18-14-11-3-1-2-4-13(11)17-16(14)21/h1-4,9-10,12,17,21H,5-8H2/t9-,10-,12+/m0/s1. The zero-order valence-electron chi connectivity index (χ0n) is 11.6. The van der Waals surface area contributed by atoms with Gasteiger partial charge >= 0.3 is 0 Å². The average Bonchev–Trinajstić information content (AvgIpc) is 3.18. The van der Waals surface area contributed by atoms with Crippen molar-refractivity contribution >= 4 is 22.5 Å². The highest BCUT2D eigenvalue weighted by atomic mass is 16.3. The summed E-state index contributed by atoms with van der Waals surface area (Å²) < 4.78 is 0. The van der Waals surface area contributed by atoms with Gasteiger partial charge in [0.2, 0.25) is 5.88 Å². The van der Waals surface area contributed by atoms with Crippen molar-refractivity contribution in [2.45, 2.75) is 25.7 Å². The van der Waals surface area contributed by atoms with Crippen LogP contribution >= 0.6 is 0 Å². The molecule has 2 fully saturated rings. The van der Waals surface area contributed by atoms with Crippen LogP contribution in [0, 0.1) is 17.8 Å². The molecule has 2 aliphatic carbocycles. The van der Waals surface area contributed by atoms with Crippen LogP contribution in [-0.2, 0) is 4.79 Å². The van der Waals surface area contributed by atoms with Crippen molar-refractivity contribution in [1.29, 1.82) is 0 Å². The Kier molecular flexibility index (Phi) is 2.80. The highest BCUT2D eigenvalue weighted by Crippen LogP contribution is 2.48. The first kappa shape index (κ1) is 12.6. The van der Waals surface area contributed by atoms with Crippen molar-refractivity contribution in [3.05, 3.63) is 24.3 Å². The van der Waals surface area contributed by atoms with E-state index in [1.807, 2.05) is 24.3 Å². The van der Waals surface area contributed by atoms with Crippen LogP contribution in [0.5, 0.6) is 5.88 Å². The van der Waals surface area contributed by atoms with Crippen LogP contribution in [0.1, 0.15) is 25.7 Å². The molecule has 0 unspecified atom stereocenters. The molecule has 5 nitrogen and oxygen atoms in total. The summed E-state index contributed by atoms with van der Waals surface area (Å²) in [6.45, 7) is 0. The van der Waals surface area contributed by atoms with E-state index in [9.17, 15) is 9.90 Å². The summed E-state index contributed by atoms with van der Waals surface area (Å²) in [4.78, 5) is 15.1. The molecule has 0 radical (unpaired) electrons. The summed E-state index contributed by atoms with van der Waals surface area (Å²) >= 11 is 0. The van der Waals surface area contributed by atoms with Gasteiger partial charge in [-0.2, -0.15) is 0 Å². The first-order valence-corrected chi connectivity index (χ1v) is 7.47. The third kappa shape index (κ3) is 2.04. The molecule has 21 heavy (non-hydrogen) atoms. The Labute approximate surface area is 122 Å². The van der Waals surface area contributed by atoms with Gasteiger partial charge in [0.15, 0.2) is 5.69 Å². The van der Waals surface area contributed by atoms with Crippen molar-refractivity contribution in [3.8, 4) is 5.88 Å². The Morgan fingerprint density at radius 1 is 1.24 bits per heavy atom. The lowest BCUT2D eigenvalue weighted by Crippen LogP contribution is -2.18. The number of carbonyl (C=O) groups excluding carboxylic acids is 1. The summed E-state index contributed by atoms with van der Waals surface area (Å²) in [6, 6.07) is 7.44. The molecule has 0 saturated heterocycles. The number of nitrogens with zero attached hydrogens (tertiary/aromatic N) is 2. The molecule has 3 atom stereocenters. The predicted octanol–water partition coefficient (Wildman–Crippen LogP) is 3.92. The maximum atomic E-state index is 12.2. The van der Waals surface area contributed by atoms with Gasteiger partial charge in [-0.1, -0.05) is 24.6 Å². The Bertz CT molecular complexity index is 734. The van der Waals surface area contributed by atoms with Crippen LogP contribution in [0.3, 0.4) is 0 Å². The topological polar surface area (TPSA) is 77.8 Å². The summed E-state index contributed by atoms with van der Waals surface area (Å²) in [7, 11) is 0. The minimum atomic E-state index is -0.133. The van der Waals surface area contributed by atoms with E-state index in [1.165, 1.54) is 12.8 Å². The fourth-order valence-electron chi connectivity index (χ4n) is 3.93. The van der Waals surface area contributed by atoms with Crippen molar-refractivity contribution in [2.75, 3.05) is 0 Å². The second-order valence-corrected chi connectivity index (χ2v) is 6.19. The number of H-pyrrole nitrogens is 1. The van der Waals surface area contributed by atoms with Gasteiger partial charge in [0.05, 0.1) is 5.52 Å². The molecular formula is C16H17N3O2. The molecule has 2 bridgehead atoms. The molecule has 2 saturated carbocycles. The van der Waals surface area contributed by atoms with E-state index >= 15 is 0 Å². The Morgan fingerprint density at radius 3 is 2.86 bits per heavy atom. The van der Waals surface area contributed by atoms with Crippen LogP contribution < -0.4 is 0 Å². The number of aromatic hydroxyl groups is 1. The highest BCUT2D eigenvalue weighted by Gasteiger charge is 2.43. The second-order valence-electron chi connectivity index (χ2n) is 6.19. The molecule has 2 aliphatic rings. The van der Waals surface area contributed by atoms with Gasteiger partial charge in [-0.15, -0.1) is 10.2 Å². The molecule has 0 spiro atoms. The molecule has 4 rings (SSSR count). The summed E-state index contributed by atoms with van der Waals surface area (Å²) in [5.74, 6) is 1.08. The molecule has 1 aromatic carbocycles.